The molecule has 2 N–H and O–H groups in total. The van der Waals surface area contributed by atoms with Crippen LogP contribution in [0.3, 0.4) is 0 Å². The minimum Gasteiger partial charge on any atom is -0.359 e. The van der Waals surface area contributed by atoms with Gasteiger partial charge in [0.05, 0.1) is 30.4 Å². The van der Waals surface area contributed by atoms with E-state index in [1.54, 1.807) is 42.0 Å². The summed E-state index contributed by atoms with van der Waals surface area (Å²) in [7, 11) is 0. The van der Waals surface area contributed by atoms with E-state index in [1.165, 1.54) is 18.3 Å². The van der Waals surface area contributed by atoms with Crippen LogP contribution in [-0.2, 0) is 19.3 Å². The highest BCUT2D eigenvalue weighted by molar-refractivity contribution is 7.13. The number of nitrogens with two attached hydrogens (primary N) is 1. The number of alkyl halides is 3. The molecular weight excluding hydrogens is 572 g/mol. The van der Waals surface area contributed by atoms with E-state index in [9.17, 15) is 27.2 Å². The molecule has 2 atom stereocenters. The monoisotopic (exact) mass is 602 g/mol. The molecule has 1 aliphatic rings. The standard InChI is InChI=1S/C29H30F4N6O2S/c1-18-14-36(25-13-35-17-42-25)11-12-37(18)26-19(2)38(15-21-22(29(31,32)33)9-6-10-23(21)30)28(41)39(27(26)40)16-24(34)20-7-4-3-5-8-20/h3-10,13,17-18,24H,11-12,14-16,34H2,1-2H3/t18?,24-/m0/s1. The number of aromatic nitrogens is 3. The summed E-state index contributed by atoms with van der Waals surface area (Å²) < 4.78 is 58.5. The first kappa shape index (κ1) is 29.5. The highest BCUT2D eigenvalue weighted by atomic mass is 32.1. The SMILES string of the molecule is Cc1c(N2CCN(c3cncs3)CC2C)c(=O)n(C[C@H](N)c2ccccc2)c(=O)n1Cc1c(F)cccc1C(F)(F)F. The molecule has 5 rings (SSSR count). The average molecular weight is 603 g/mol. The van der Waals surface area contributed by atoms with Crippen molar-refractivity contribution in [3.63, 3.8) is 0 Å². The molecule has 2 aromatic carbocycles. The highest BCUT2D eigenvalue weighted by Gasteiger charge is 2.36. The predicted octanol–water partition coefficient (Wildman–Crippen LogP) is 4.40. The Morgan fingerprint density at radius 3 is 2.45 bits per heavy atom. The Labute approximate surface area is 243 Å². The van der Waals surface area contributed by atoms with Crippen molar-refractivity contribution in [3.8, 4) is 0 Å². The molecule has 0 radical (unpaired) electrons. The molecule has 4 aromatic rings. The zero-order valence-corrected chi connectivity index (χ0v) is 23.8. The summed E-state index contributed by atoms with van der Waals surface area (Å²) in [6, 6.07) is 10.6. The maximum absolute atomic E-state index is 14.9. The molecule has 1 aliphatic heterocycles. The molecular formula is C29H30F4N6O2S. The topological polar surface area (TPSA) is 89.4 Å². The molecule has 0 bridgehead atoms. The Balaban J connectivity index is 1.63. The maximum Gasteiger partial charge on any atom is 0.416 e. The molecule has 0 aliphatic carbocycles. The number of hydrogen-bond acceptors (Lipinski definition) is 7. The second-order valence-corrected chi connectivity index (χ2v) is 11.2. The van der Waals surface area contributed by atoms with Crippen LogP contribution in [0.2, 0.25) is 0 Å². The first-order valence-corrected chi connectivity index (χ1v) is 14.2. The summed E-state index contributed by atoms with van der Waals surface area (Å²) in [6.45, 7) is 4.03. The molecule has 0 amide bonds. The minimum atomic E-state index is -4.84. The van der Waals surface area contributed by atoms with Gasteiger partial charge in [-0.3, -0.25) is 18.9 Å². The minimum absolute atomic E-state index is 0.156. The third kappa shape index (κ3) is 5.71. The number of anilines is 2. The van der Waals surface area contributed by atoms with Crippen LogP contribution in [0.25, 0.3) is 0 Å². The number of thiazole rings is 1. The van der Waals surface area contributed by atoms with E-state index < -0.39 is 47.0 Å². The van der Waals surface area contributed by atoms with Gasteiger partial charge in [0.25, 0.3) is 5.56 Å². The van der Waals surface area contributed by atoms with Crippen molar-refractivity contribution in [1.29, 1.82) is 0 Å². The zero-order valence-electron chi connectivity index (χ0n) is 23.0. The smallest absolute Gasteiger partial charge is 0.359 e. The summed E-state index contributed by atoms with van der Waals surface area (Å²) >= 11 is 1.50. The molecule has 2 aromatic heterocycles. The maximum atomic E-state index is 14.9. The van der Waals surface area contributed by atoms with Crippen LogP contribution in [0.1, 0.15) is 35.3 Å². The van der Waals surface area contributed by atoms with Crippen LogP contribution in [0, 0.1) is 12.7 Å². The zero-order chi connectivity index (χ0) is 30.2. The fourth-order valence-corrected chi connectivity index (χ4v) is 6.13. The second kappa shape index (κ2) is 11.7. The normalized spacial score (nSPS) is 16.6. The van der Waals surface area contributed by atoms with Crippen molar-refractivity contribution in [3.05, 3.63) is 109 Å². The summed E-state index contributed by atoms with van der Waals surface area (Å²) in [5.74, 6) is -1.09. The van der Waals surface area contributed by atoms with E-state index in [0.29, 0.717) is 25.2 Å². The van der Waals surface area contributed by atoms with Gasteiger partial charge in [0.15, 0.2) is 0 Å². The van der Waals surface area contributed by atoms with Crippen LogP contribution < -0.4 is 26.8 Å². The van der Waals surface area contributed by atoms with Crippen LogP contribution in [0.15, 0.2) is 69.8 Å². The van der Waals surface area contributed by atoms with Gasteiger partial charge in [0, 0.05) is 43.0 Å². The first-order chi connectivity index (χ1) is 20.0. The van der Waals surface area contributed by atoms with E-state index in [2.05, 4.69) is 9.88 Å². The van der Waals surface area contributed by atoms with Crippen molar-refractivity contribution >= 4 is 22.0 Å². The summed E-state index contributed by atoms with van der Waals surface area (Å²) in [6.07, 6.45) is -3.08. The third-order valence-electron chi connectivity index (χ3n) is 7.65. The molecule has 1 unspecified atom stereocenters. The molecule has 42 heavy (non-hydrogen) atoms. The molecule has 8 nitrogen and oxygen atoms in total. The molecule has 0 spiro atoms. The van der Waals surface area contributed by atoms with Crippen molar-refractivity contribution in [2.45, 2.75) is 45.2 Å². The Hall–Kier alpha value is -3.97. The van der Waals surface area contributed by atoms with Crippen molar-refractivity contribution in [1.82, 2.24) is 14.1 Å². The fraction of sp³-hybridized carbons (Fsp3) is 0.345. The van der Waals surface area contributed by atoms with E-state index in [0.717, 1.165) is 32.3 Å². The Morgan fingerprint density at radius 1 is 1.07 bits per heavy atom. The Bertz CT molecular complexity index is 1670. The molecule has 1 saturated heterocycles. The van der Waals surface area contributed by atoms with Gasteiger partial charge in [-0.2, -0.15) is 13.2 Å². The number of piperazine rings is 1. The number of rotatable bonds is 7. The van der Waals surface area contributed by atoms with E-state index in [4.69, 9.17) is 5.73 Å². The van der Waals surface area contributed by atoms with Gasteiger partial charge in [0.1, 0.15) is 16.5 Å². The fourth-order valence-electron chi connectivity index (χ4n) is 5.46. The van der Waals surface area contributed by atoms with Gasteiger partial charge in [-0.1, -0.05) is 36.4 Å². The predicted molar refractivity (Wildman–Crippen MR) is 155 cm³/mol. The van der Waals surface area contributed by atoms with Gasteiger partial charge in [-0.25, -0.2) is 9.18 Å². The van der Waals surface area contributed by atoms with Crippen molar-refractivity contribution in [2.24, 2.45) is 5.73 Å². The lowest BCUT2D eigenvalue weighted by Gasteiger charge is -2.42. The Morgan fingerprint density at radius 2 is 1.81 bits per heavy atom. The molecule has 1 fully saturated rings. The molecule has 222 valence electrons. The van der Waals surface area contributed by atoms with Gasteiger partial charge < -0.3 is 15.5 Å². The van der Waals surface area contributed by atoms with E-state index in [1.807, 2.05) is 11.8 Å². The first-order valence-electron chi connectivity index (χ1n) is 13.4. The average Bonchev–Trinajstić information content (AvgIpc) is 3.50. The van der Waals surface area contributed by atoms with Crippen molar-refractivity contribution < 1.29 is 17.6 Å². The number of hydrogen-bond donors (Lipinski definition) is 1. The third-order valence-corrected chi connectivity index (χ3v) is 8.48. The summed E-state index contributed by atoms with van der Waals surface area (Å²) in [5, 5.41) is 0.980. The summed E-state index contributed by atoms with van der Waals surface area (Å²) in [5.41, 5.74) is 5.83. The van der Waals surface area contributed by atoms with Crippen LogP contribution in [-0.4, -0.2) is 39.8 Å². The number of nitrogens with zero attached hydrogens (tertiary/aromatic N) is 5. The van der Waals surface area contributed by atoms with Gasteiger partial charge >= 0.3 is 11.9 Å². The largest absolute Gasteiger partial charge is 0.416 e. The second-order valence-electron chi connectivity index (χ2n) is 10.3. The van der Waals surface area contributed by atoms with Crippen molar-refractivity contribution in [2.75, 3.05) is 29.4 Å². The highest BCUT2D eigenvalue weighted by Crippen LogP contribution is 2.34. The summed E-state index contributed by atoms with van der Waals surface area (Å²) in [4.78, 5) is 36.0. The van der Waals surface area contributed by atoms with Gasteiger partial charge in [0.2, 0.25) is 0 Å². The lowest BCUT2D eigenvalue weighted by Crippen LogP contribution is -2.55. The number of benzene rings is 2. The quantitative estimate of drug-likeness (QED) is 0.316. The Kier molecular flexibility index (Phi) is 8.24. The van der Waals surface area contributed by atoms with Crippen LogP contribution >= 0.6 is 11.3 Å². The number of halogens is 4. The molecule has 0 saturated carbocycles. The van der Waals surface area contributed by atoms with Gasteiger partial charge in [-0.15, -0.1) is 11.3 Å². The molecule has 13 heteroatoms. The van der Waals surface area contributed by atoms with Crippen LogP contribution in [0.5, 0.6) is 0 Å². The van der Waals surface area contributed by atoms with Crippen LogP contribution in [0.4, 0.5) is 28.3 Å². The molecule has 3 heterocycles. The van der Waals surface area contributed by atoms with E-state index in [-0.39, 0.29) is 24.0 Å². The lowest BCUT2D eigenvalue weighted by molar-refractivity contribution is -0.138. The van der Waals surface area contributed by atoms with E-state index >= 15 is 0 Å². The van der Waals surface area contributed by atoms with Gasteiger partial charge in [-0.05, 0) is 31.5 Å². The lowest BCUT2D eigenvalue weighted by atomic mass is 10.1.